The van der Waals surface area contributed by atoms with Gasteiger partial charge in [-0.2, -0.15) is 0 Å². The molecule has 3 N–H and O–H groups in total. The molecule has 0 radical (unpaired) electrons. The zero-order chi connectivity index (χ0) is 21.3. The highest BCUT2D eigenvalue weighted by Crippen LogP contribution is 2.42. The van der Waals surface area contributed by atoms with Gasteiger partial charge in [-0.25, -0.2) is 4.79 Å². The Morgan fingerprint density at radius 3 is 2.73 bits per heavy atom. The second kappa shape index (κ2) is 8.14. The topological polar surface area (TPSA) is 105 Å². The summed E-state index contributed by atoms with van der Waals surface area (Å²) in [6.07, 6.45) is 4.41. The molecule has 0 bridgehead atoms. The van der Waals surface area contributed by atoms with Crippen LogP contribution in [0.1, 0.15) is 46.1 Å². The van der Waals surface area contributed by atoms with Crippen molar-refractivity contribution in [3.63, 3.8) is 0 Å². The van der Waals surface area contributed by atoms with Crippen LogP contribution in [-0.4, -0.2) is 43.0 Å². The van der Waals surface area contributed by atoms with Crippen molar-refractivity contribution in [1.82, 2.24) is 30.4 Å². The third kappa shape index (κ3) is 4.67. The fraction of sp³-hybridized carbons (Fsp3) is 0.429. The summed E-state index contributed by atoms with van der Waals surface area (Å²) in [7, 11) is 0. The molecule has 8 nitrogen and oxygen atoms in total. The Labute approximate surface area is 179 Å². The van der Waals surface area contributed by atoms with Gasteiger partial charge in [0.1, 0.15) is 0 Å². The van der Waals surface area contributed by atoms with Crippen molar-refractivity contribution in [1.29, 1.82) is 0 Å². The molecule has 1 aliphatic carbocycles. The van der Waals surface area contributed by atoms with Crippen LogP contribution in [0.2, 0.25) is 0 Å². The van der Waals surface area contributed by atoms with E-state index in [2.05, 4.69) is 36.4 Å². The van der Waals surface area contributed by atoms with Gasteiger partial charge in [-0.05, 0) is 39.7 Å². The molecule has 3 amide bonds. The molecule has 9 heteroatoms. The second-order valence-electron chi connectivity index (χ2n) is 8.51. The lowest BCUT2D eigenvalue weighted by molar-refractivity contribution is -0.119. The summed E-state index contributed by atoms with van der Waals surface area (Å²) in [5.41, 5.74) is 1.71. The molecule has 0 aliphatic heterocycles. The number of aromatic nitrogens is 4. The zero-order valence-electron chi connectivity index (χ0n) is 17.4. The fourth-order valence-corrected chi connectivity index (χ4v) is 4.22. The van der Waals surface area contributed by atoms with Crippen LogP contribution < -0.4 is 10.6 Å². The first-order chi connectivity index (χ1) is 14.3. The summed E-state index contributed by atoms with van der Waals surface area (Å²) >= 11 is 1.49. The highest BCUT2D eigenvalue weighted by atomic mass is 32.2. The molecule has 2 aromatic heterocycles. The Balaban J connectivity index is 1.42. The summed E-state index contributed by atoms with van der Waals surface area (Å²) in [5, 5.41) is 15.9. The molecule has 1 fully saturated rings. The average molecular weight is 427 g/mol. The van der Waals surface area contributed by atoms with E-state index in [0.717, 1.165) is 40.3 Å². The number of H-pyrrole nitrogens is 1. The Morgan fingerprint density at radius 1 is 1.23 bits per heavy atom. The Kier molecular flexibility index (Phi) is 5.55. The van der Waals surface area contributed by atoms with Gasteiger partial charge in [-0.1, -0.05) is 30.0 Å². The standard InChI is InChI=1S/C21H26N6O2S/c1-21(2,3)24-19(29)23-17(28)10-11-30-20-26-25-18(27(20)13-8-9-13)15-12-22-16-7-5-4-6-14(15)16/h4-7,12-13,22H,8-11H2,1-3H3,(H2,23,24,28,29). The van der Waals surface area contributed by atoms with Crippen LogP contribution in [0.4, 0.5) is 4.79 Å². The molecule has 0 unspecified atom stereocenters. The van der Waals surface area contributed by atoms with Crippen molar-refractivity contribution < 1.29 is 9.59 Å². The molecule has 2 heterocycles. The average Bonchev–Trinajstić information content (AvgIpc) is 3.27. The number of nitrogens with zero attached hydrogens (tertiary/aromatic N) is 3. The lowest BCUT2D eigenvalue weighted by atomic mass is 10.1. The minimum Gasteiger partial charge on any atom is -0.360 e. The van der Waals surface area contributed by atoms with Crippen molar-refractivity contribution in [3.8, 4) is 11.4 Å². The van der Waals surface area contributed by atoms with Crippen LogP contribution in [0.3, 0.4) is 0 Å². The number of hydrogen-bond donors (Lipinski definition) is 3. The van der Waals surface area contributed by atoms with Crippen LogP contribution in [0.5, 0.6) is 0 Å². The van der Waals surface area contributed by atoms with Crippen molar-refractivity contribution in [2.45, 2.75) is 56.8 Å². The van der Waals surface area contributed by atoms with Gasteiger partial charge in [0.25, 0.3) is 0 Å². The molecule has 0 spiro atoms. The molecule has 3 aromatic rings. The molecule has 4 rings (SSSR count). The number of hydrogen-bond acceptors (Lipinski definition) is 5. The van der Waals surface area contributed by atoms with Crippen LogP contribution in [0.25, 0.3) is 22.3 Å². The third-order valence-corrected chi connectivity index (χ3v) is 5.65. The highest BCUT2D eigenvalue weighted by Gasteiger charge is 2.31. The van der Waals surface area contributed by atoms with E-state index in [0.29, 0.717) is 11.8 Å². The van der Waals surface area contributed by atoms with E-state index in [-0.39, 0.29) is 12.3 Å². The molecule has 1 aromatic carbocycles. The van der Waals surface area contributed by atoms with Gasteiger partial charge in [-0.3, -0.25) is 14.7 Å². The maximum absolute atomic E-state index is 12.1. The van der Waals surface area contributed by atoms with Crippen LogP contribution in [-0.2, 0) is 4.79 Å². The van der Waals surface area contributed by atoms with E-state index in [9.17, 15) is 9.59 Å². The lowest BCUT2D eigenvalue weighted by Gasteiger charge is -2.20. The molecule has 1 saturated carbocycles. The number of amides is 3. The number of nitrogens with one attached hydrogen (secondary N) is 3. The van der Waals surface area contributed by atoms with Crippen molar-refractivity contribution in [2.24, 2.45) is 0 Å². The van der Waals surface area contributed by atoms with E-state index < -0.39 is 11.6 Å². The quantitative estimate of drug-likeness (QED) is 0.519. The zero-order valence-corrected chi connectivity index (χ0v) is 18.2. The number of rotatable bonds is 6. The second-order valence-corrected chi connectivity index (χ2v) is 9.57. The maximum atomic E-state index is 12.1. The van der Waals surface area contributed by atoms with Crippen LogP contribution in [0, 0.1) is 0 Å². The van der Waals surface area contributed by atoms with Crippen LogP contribution in [0.15, 0.2) is 35.6 Å². The number of benzene rings is 1. The Morgan fingerprint density at radius 2 is 2.00 bits per heavy atom. The monoisotopic (exact) mass is 426 g/mol. The van der Waals surface area contributed by atoms with E-state index in [1.54, 1.807) is 0 Å². The predicted molar refractivity (Wildman–Crippen MR) is 117 cm³/mol. The van der Waals surface area contributed by atoms with Crippen molar-refractivity contribution >= 4 is 34.6 Å². The minimum atomic E-state index is -0.472. The van der Waals surface area contributed by atoms with E-state index >= 15 is 0 Å². The molecule has 0 atom stereocenters. The van der Waals surface area contributed by atoms with Gasteiger partial charge >= 0.3 is 6.03 Å². The third-order valence-electron chi connectivity index (χ3n) is 4.71. The summed E-state index contributed by atoms with van der Waals surface area (Å²) < 4.78 is 2.19. The number of imide groups is 1. The first kappa shape index (κ1) is 20.5. The normalized spacial score (nSPS) is 14.1. The first-order valence-electron chi connectivity index (χ1n) is 10.1. The summed E-state index contributed by atoms with van der Waals surface area (Å²) in [5.74, 6) is 1.07. The molecular formula is C21H26N6O2S. The van der Waals surface area contributed by atoms with Gasteiger partial charge in [-0.15, -0.1) is 10.2 Å². The van der Waals surface area contributed by atoms with Crippen LogP contribution >= 0.6 is 11.8 Å². The highest BCUT2D eigenvalue weighted by molar-refractivity contribution is 7.99. The number of fused-ring (bicyclic) bond motifs is 1. The van der Waals surface area contributed by atoms with Gasteiger partial charge in [0.15, 0.2) is 11.0 Å². The predicted octanol–water partition coefficient (Wildman–Crippen LogP) is 3.87. The molecule has 158 valence electrons. The minimum absolute atomic E-state index is 0.224. The Hall–Kier alpha value is -2.81. The van der Waals surface area contributed by atoms with Gasteiger partial charge < -0.3 is 10.3 Å². The maximum Gasteiger partial charge on any atom is 0.321 e. The number of para-hydroxylation sites is 1. The first-order valence-corrected chi connectivity index (χ1v) is 11.1. The number of thioether (sulfide) groups is 1. The summed E-state index contributed by atoms with van der Waals surface area (Å²) in [4.78, 5) is 27.2. The number of carbonyl (C=O) groups excluding carboxylic acids is 2. The van der Waals surface area contributed by atoms with E-state index in [1.165, 1.54) is 11.8 Å². The number of carbonyl (C=O) groups is 2. The fourth-order valence-electron chi connectivity index (χ4n) is 3.27. The Bertz CT molecular complexity index is 1080. The molecule has 1 aliphatic rings. The molecule has 30 heavy (non-hydrogen) atoms. The van der Waals surface area contributed by atoms with Crippen molar-refractivity contribution in [2.75, 3.05) is 5.75 Å². The molecular weight excluding hydrogens is 400 g/mol. The lowest BCUT2D eigenvalue weighted by Crippen LogP contribution is -2.48. The largest absolute Gasteiger partial charge is 0.360 e. The number of urea groups is 1. The van der Waals surface area contributed by atoms with Gasteiger partial charge in [0.2, 0.25) is 5.91 Å². The smallest absolute Gasteiger partial charge is 0.321 e. The molecule has 0 saturated heterocycles. The van der Waals surface area contributed by atoms with Gasteiger partial charge in [0, 0.05) is 46.4 Å². The number of aromatic amines is 1. The van der Waals surface area contributed by atoms with E-state index in [1.807, 2.05) is 45.2 Å². The SMILES string of the molecule is CC(C)(C)NC(=O)NC(=O)CCSc1nnc(-c2c[nH]c3ccccc23)n1C1CC1. The van der Waals surface area contributed by atoms with E-state index in [4.69, 9.17) is 0 Å². The summed E-state index contributed by atoms with van der Waals surface area (Å²) in [6.45, 7) is 5.59. The van der Waals surface area contributed by atoms with Crippen molar-refractivity contribution in [3.05, 3.63) is 30.5 Å². The van der Waals surface area contributed by atoms with Gasteiger partial charge in [0.05, 0.1) is 0 Å². The summed E-state index contributed by atoms with van der Waals surface area (Å²) in [6, 6.07) is 8.06.